The standard InChI is InChI=1S/2C10H10O2.2CH3.Sn/c2*1-8(11)7-10(12)9-5-3-2-4-6-9;;;/h2*2-6H,7H2,1H3;2*1H3;. The van der Waals surface area contributed by atoms with E-state index >= 15 is 0 Å². The van der Waals surface area contributed by atoms with E-state index in [1.54, 1.807) is 48.5 Å². The summed E-state index contributed by atoms with van der Waals surface area (Å²) in [7, 11) is 0. The normalized spacial score (nSPS) is 9.04. The van der Waals surface area contributed by atoms with Crippen molar-refractivity contribution in [2.45, 2.75) is 36.6 Å². The van der Waals surface area contributed by atoms with Gasteiger partial charge in [-0.2, -0.15) is 0 Å². The zero-order valence-corrected chi connectivity index (χ0v) is 19.2. The maximum atomic E-state index is 11.2. The van der Waals surface area contributed by atoms with Gasteiger partial charge < -0.3 is 0 Å². The molecule has 0 bridgehead atoms. The quantitative estimate of drug-likeness (QED) is 0.353. The monoisotopic (exact) mass is 474 g/mol. The molecule has 0 spiro atoms. The van der Waals surface area contributed by atoms with Crippen LogP contribution in [0.15, 0.2) is 60.7 Å². The van der Waals surface area contributed by atoms with Crippen LogP contribution in [-0.4, -0.2) is 44.3 Å². The molecule has 0 aromatic heterocycles. The van der Waals surface area contributed by atoms with Gasteiger partial charge in [-0.15, -0.1) is 0 Å². The van der Waals surface area contributed by atoms with Gasteiger partial charge in [0.15, 0.2) is 11.6 Å². The average Bonchev–Trinajstić information content (AvgIpc) is 2.63. The molecule has 0 aliphatic heterocycles. The summed E-state index contributed by atoms with van der Waals surface area (Å²) in [6.45, 7) is 2.84. The van der Waals surface area contributed by atoms with Gasteiger partial charge in [0, 0.05) is 11.1 Å². The second kappa shape index (κ2) is 15.0. The number of rotatable bonds is 6. The van der Waals surface area contributed by atoms with Crippen LogP contribution in [0.25, 0.3) is 0 Å². The van der Waals surface area contributed by atoms with E-state index in [2.05, 4.69) is 9.88 Å². The Balaban J connectivity index is 0.000000438. The summed E-state index contributed by atoms with van der Waals surface area (Å²) in [6.07, 6.45) is 0.00796. The predicted octanol–water partition coefficient (Wildman–Crippen LogP) is 4.48. The number of carbonyl (C=O) groups excluding carboxylic acids is 4. The average molecular weight is 473 g/mol. The Morgan fingerprint density at radius 1 is 0.630 bits per heavy atom. The molecule has 0 atom stereocenters. The third kappa shape index (κ3) is 12.8. The van der Waals surface area contributed by atoms with Crippen molar-refractivity contribution in [3.63, 3.8) is 0 Å². The van der Waals surface area contributed by atoms with E-state index in [4.69, 9.17) is 0 Å². The molecule has 0 unspecified atom stereocenters. The van der Waals surface area contributed by atoms with Crippen LogP contribution in [0.2, 0.25) is 9.88 Å². The summed E-state index contributed by atoms with van der Waals surface area (Å²) >= 11 is 0.230. The molecule has 0 aliphatic carbocycles. The molecule has 2 rings (SSSR count). The van der Waals surface area contributed by atoms with Gasteiger partial charge in [-0.1, -0.05) is 60.7 Å². The molecule has 0 N–H and O–H groups in total. The van der Waals surface area contributed by atoms with Crippen LogP contribution in [0.5, 0.6) is 0 Å². The van der Waals surface area contributed by atoms with E-state index in [1.807, 2.05) is 12.1 Å². The number of carbonyl (C=O) groups is 4. The molecular weight excluding hydrogens is 447 g/mol. The van der Waals surface area contributed by atoms with Gasteiger partial charge in [-0.3, -0.25) is 19.2 Å². The molecule has 142 valence electrons. The molecule has 2 radical (unpaired) electrons. The Morgan fingerprint density at radius 2 is 0.889 bits per heavy atom. The van der Waals surface area contributed by atoms with Gasteiger partial charge in [0.1, 0.15) is 11.6 Å². The molecule has 27 heavy (non-hydrogen) atoms. The summed E-state index contributed by atoms with van der Waals surface area (Å²) in [5.74, 6) is -0.404. The Morgan fingerprint density at radius 3 is 1.11 bits per heavy atom. The second-order valence-electron chi connectivity index (χ2n) is 5.84. The molecule has 0 fully saturated rings. The van der Waals surface area contributed by atoms with Crippen LogP contribution < -0.4 is 0 Å². The van der Waals surface area contributed by atoms with Gasteiger partial charge in [0.05, 0.1) is 12.8 Å². The molecule has 0 saturated heterocycles. The zero-order valence-electron chi connectivity index (χ0n) is 16.3. The van der Waals surface area contributed by atoms with E-state index in [-0.39, 0.29) is 57.1 Å². The third-order valence-electron chi connectivity index (χ3n) is 3.01. The zero-order chi connectivity index (χ0) is 20.7. The molecule has 0 amide bonds. The van der Waals surface area contributed by atoms with E-state index < -0.39 is 0 Å². The van der Waals surface area contributed by atoms with E-state index in [1.165, 1.54) is 13.8 Å². The number of Topliss-reactive ketones (excluding diaryl/α,β-unsaturated/α-hetero) is 4. The summed E-state index contributed by atoms with van der Waals surface area (Å²) in [4.78, 5) is 48.3. The Labute approximate surface area is 171 Å². The summed E-state index contributed by atoms with van der Waals surface area (Å²) < 4.78 is 0. The van der Waals surface area contributed by atoms with Gasteiger partial charge >= 0.3 is 31.0 Å². The van der Waals surface area contributed by atoms with Crippen LogP contribution in [-0.2, 0) is 9.59 Å². The Kier molecular flexibility index (Phi) is 13.9. The van der Waals surface area contributed by atoms with Gasteiger partial charge in [-0.25, -0.2) is 0 Å². The molecular formula is C22H26O4Sn. The summed E-state index contributed by atoms with van der Waals surface area (Å²) in [5, 5.41) is 0. The second-order valence-corrected chi connectivity index (χ2v) is 8.69. The number of hydrogen-bond donors (Lipinski definition) is 0. The minimum absolute atomic E-state index is 0.00398. The van der Waals surface area contributed by atoms with Crippen molar-refractivity contribution in [2.24, 2.45) is 0 Å². The topological polar surface area (TPSA) is 68.3 Å². The molecule has 4 nitrogen and oxygen atoms in total. The first-order chi connectivity index (χ1) is 12.8. The van der Waals surface area contributed by atoms with Crippen molar-refractivity contribution in [1.29, 1.82) is 0 Å². The van der Waals surface area contributed by atoms with Crippen LogP contribution in [0.1, 0.15) is 47.4 Å². The van der Waals surface area contributed by atoms with Crippen LogP contribution in [0.4, 0.5) is 0 Å². The van der Waals surface area contributed by atoms with Gasteiger partial charge in [-0.05, 0) is 13.8 Å². The van der Waals surface area contributed by atoms with Crippen LogP contribution >= 0.6 is 0 Å². The van der Waals surface area contributed by atoms with Gasteiger partial charge in [0.25, 0.3) is 0 Å². The molecule has 5 heteroatoms. The van der Waals surface area contributed by atoms with Crippen LogP contribution in [0.3, 0.4) is 0 Å². The van der Waals surface area contributed by atoms with Crippen molar-refractivity contribution < 1.29 is 19.2 Å². The molecule has 0 saturated carbocycles. The van der Waals surface area contributed by atoms with Crippen molar-refractivity contribution in [2.75, 3.05) is 0 Å². The molecule has 2 aromatic carbocycles. The number of hydrogen-bond acceptors (Lipinski definition) is 4. The maximum absolute atomic E-state index is 11.2. The number of ketones is 4. The van der Waals surface area contributed by atoms with Crippen molar-refractivity contribution in [3.05, 3.63) is 71.8 Å². The fourth-order valence-electron chi connectivity index (χ4n) is 1.90. The first-order valence-electron chi connectivity index (χ1n) is 8.55. The summed E-state index contributed by atoms with van der Waals surface area (Å²) in [6, 6.07) is 17.7. The Hall–Kier alpha value is -2.08. The van der Waals surface area contributed by atoms with Crippen LogP contribution in [0, 0.1) is 0 Å². The van der Waals surface area contributed by atoms with E-state index in [0.29, 0.717) is 11.1 Å². The van der Waals surface area contributed by atoms with Crippen molar-refractivity contribution in [1.82, 2.24) is 0 Å². The fourth-order valence-corrected chi connectivity index (χ4v) is 1.90. The predicted molar refractivity (Wildman–Crippen MR) is 110 cm³/mol. The fraction of sp³-hybridized carbons (Fsp3) is 0.273. The first-order valence-corrected chi connectivity index (χ1v) is 14.3. The third-order valence-corrected chi connectivity index (χ3v) is 3.01. The minimum atomic E-state index is -0.108. The van der Waals surface area contributed by atoms with Crippen molar-refractivity contribution in [3.8, 4) is 0 Å². The first kappa shape index (κ1) is 24.9. The van der Waals surface area contributed by atoms with E-state index in [0.717, 1.165) is 0 Å². The molecule has 2 aromatic rings. The Bertz CT molecular complexity index is 661. The van der Waals surface area contributed by atoms with Crippen molar-refractivity contribution >= 4 is 44.3 Å². The molecule has 0 heterocycles. The van der Waals surface area contributed by atoms with E-state index in [9.17, 15) is 19.2 Å². The number of benzene rings is 2. The van der Waals surface area contributed by atoms with Gasteiger partial charge in [0.2, 0.25) is 0 Å². The SMILES string of the molecule is CC(=O)CC(=O)c1ccccc1.CC(=O)CC(=O)c1ccccc1.[CH3][Sn][CH3]. The summed E-state index contributed by atoms with van der Waals surface area (Å²) in [5.41, 5.74) is 1.21. The molecule has 0 aliphatic rings.